The molecule has 1 aromatic heterocycles. The number of fused-ring (bicyclic) bond motifs is 1. The SMILES string of the molecule is CC(C)c1c(-c2ccccc2)nc2c(c1OC#N)CCC2. The average Bonchev–Trinajstić information content (AvgIpc) is 2.96. The van der Waals surface area contributed by atoms with Crippen LogP contribution in [-0.4, -0.2) is 4.98 Å². The van der Waals surface area contributed by atoms with E-state index >= 15 is 0 Å². The number of hydrogen-bond acceptors (Lipinski definition) is 3. The van der Waals surface area contributed by atoms with Crippen molar-refractivity contribution in [1.82, 2.24) is 4.98 Å². The van der Waals surface area contributed by atoms with E-state index in [9.17, 15) is 0 Å². The molecule has 0 bridgehead atoms. The highest BCUT2D eigenvalue weighted by molar-refractivity contribution is 5.69. The van der Waals surface area contributed by atoms with E-state index in [1.54, 1.807) is 0 Å². The predicted molar refractivity (Wildman–Crippen MR) is 82.0 cm³/mol. The quantitative estimate of drug-likeness (QED) is 0.790. The van der Waals surface area contributed by atoms with Crippen molar-refractivity contribution in [2.45, 2.75) is 39.0 Å². The Hall–Kier alpha value is -2.34. The fourth-order valence-corrected chi connectivity index (χ4v) is 3.07. The van der Waals surface area contributed by atoms with Gasteiger partial charge in [-0.1, -0.05) is 44.2 Å². The summed E-state index contributed by atoms with van der Waals surface area (Å²) in [6.07, 6.45) is 4.86. The number of ether oxygens (including phenoxy) is 1. The van der Waals surface area contributed by atoms with Gasteiger partial charge in [-0.2, -0.15) is 0 Å². The summed E-state index contributed by atoms with van der Waals surface area (Å²) in [6.45, 7) is 4.24. The van der Waals surface area contributed by atoms with Crippen molar-refractivity contribution in [3.63, 3.8) is 0 Å². The topological polar surface area (TPSA) is 45.9 Å². The zero-order valence-corrected chi connectivity index (χ0v) is 12.4. The Labute approximate surface area is 125 Å². The molecule has 1 aliphatic rings. The van der Waals surface area contributed by atoms with Crippen LogP contribution in [0.2, 0.25) is 0 Å². The number of rotatable bonds is 3. The van der Waals surface area contributed by atoms with E-state index in [0.717, 1.165) is 53.1 Å². The minimum atomic E-state index is 0.252. The van der Waals surface area contributed by atoms with Gasteiger partial charge in [-0.3, -0.25) is 4.98 Å². The van der Waals surface area contributed by atoms with Gasteiger partial charge in [0.15, 0.2) is 5.75 Å². The lowest BCUT2D eigenvalue weighted by molar-refractivity contribution is 0.489. The summed E-state index contributed by atoms with van der Waals surface area (Å²) in [5, 5.41) is 9.03. The smallest absolute Gasteiger partial charge is 0.292 e. The number of hydrogen-bond donors (Lipinski definition) is 0. The Morgan fingerprint density at radius 2 is 1.95 bits per heavy atom. The molecule has 0 fully saturated rings. The molecule has 0 saturated carbocycles. The summed E-state index contributed by atoms with van der Waals surface area (Å²) in [6, 6.07) is 10.1. The molecule has 3 rings (SSSR count). The van der Waals surface area contributed by atoms with Crippen molar-refractivity contribution in [3.05, 3.63) is 47.2 Å². The zero-order chi connectivity index (χ0) is 14.8. The van der Waals surface area contributed by atoms with Gasteiger partial charge < -0.3 is 4.74 Å². The zero-order valence-electron chi connectivity index (χ0n) is 12.4. The molecular weight excluding hydrogens is 260 g/mol. The van der Waals surface area contributed by atoms with Crippen molar-refractivity contribution < 1.29 is 4.74 Å². The number of nitriles is 1. The first-order valence-electron chi connectivity index (χ1n) is 7.39. The van der Waals surface area contributed by atoms with E-state index in [0.29, 0.717) is 0 Å². The van der Waals surface area contributed by atoms with Crippen molar-refractivity contribution >= 4 is 0 Å². The van der Waals surface area contributed by atoms with Crippen LogP contribution in [0.25, 0.3) is 11.3 Å². The molecule has 21 heavy (non-hydrogen) atoms. The van der Waals surface area contributed by atoms with Crippen molar-refractivity contribution in [1.29, 1.82) is 5.26 Å². The molecule has 0 amide bonds. The second-order valence-corrected chi connectivity index (χ2v) is 5.70. The first kappa shape index (κ1) is 13.6. The Kier molecular flexibility index (Phi) is 3.62. The number of aryl methyl sites for hydroxylation is 1. The fourth-order valence-electron chi connectivity index (χ4n) is 3.07. The first-order valence-corrected chi connectivity index (χ1v) is 7.39. The van der Waals surface area contributed by atoms with Crippen LogP contribution >= 0.6 is 0 Å². The second-order valence-electron chi connectivity index (χ2n) is 5.70. The number of pyridine rings is 1. The highest BCUT2D eigenvalue weighted by Crippen LogP contribution is 2.41. The normalized spacial score (nSPS) is 13.0. The van der Waals surface area contributed by atoms with Gasteiger partial charge in [-0.05, 0) is 25.2 Å². The molecule has 2 aromatic rings. The minimum absolute atomic E-state index is 0.252. The van der Waals surface area contributed by atoms with Crippen LogP contribution in [0.5, 0.6) is 5.75 Å². The number of nitrogens with zero attached hydrogens (tertiary/aromatic N) is 2. The summed E-state index contributed by atoms with van der Waals surface area (Å²) in [5.41, 5.74) is 5.29. The molecule has 0 unspecified atom stereocenters. The Morgan fingerprint density at radius 1 is 1.19 bits per heavy atom. The third kappa shape index (κ3) is 2.38. The van der Waals surface area contributed by atoms with Crippen LogP contribution in [-0.2, 0) is 12.8 Å². The van der Waals surface area contributed by atoms with E-state index < -0.39 is 0 Å². The average molecular weight is 278 g/mol. The van der Waals surface area contributed by atoms with Gasteiger partial charge in [0, 0.05) is 22.4 Å². The van der Waals surface area contributed by atoms with E-state index in [1.165, 1.54) is 0 Å². The van der Waals surface area contributed by atoms with Crippen LogP contribution in [0.4, 0.5) is 0 Å². The van der Waals surface area contributed by atoms with Gasteiger partial charge >= 0.3 is 0 Å². The van der Waals surface area contributed by atoms with Crippen LogP contribution < -0.4 is 4.74 Å². The standard InChI is InChI=1S/C18H18N2O/c1-12(2)16-17(13-7-4-3-5-8-13)20-15-10-6-9-14(15)18(16)21-11-19/h3-5,7-8,12H,6,9-10H2,1-2H3. The third-order valence-electron chi connectivity index (χ3n) is 3.98. The molecule has 0 radical (unpaired) electrons. The molecule has 1 aromatic carbocycles. The maximum absolute atomic E-state index is 9.03. The Bertz CT molecular complexity index is 699. The largest absolute Gasteiger partial charge is 0.387 e. The highest BCUT2D eigenvalue weighted by Gasteiger charge is 2.26. The Morgan fingerprint density at radius 3 is 2.62 bits per heavy atom. The second kappa shape index (κ2) is 5.57. The number of benzene rings is 1. The molecule has 3 nitrogen and oxygen atoms in total. The lowest BCUT2D eigenvalue weighted by Crippen LogP contribution is -2.05. The highest BCUT2D eigenvalue weighted by atomic mass is 16.5. The lowest BCUT2D eigenvalue weighted by atomic mass is 9.93. The summed E-state index contributed by atoms with van der Waals surface area (Å²) >= 11 is 0. The summed E-state index contributed by atoms with van der Waals surface area (Å²) < 4.78 is 5.37. The van der Waals surface area contributed by atoms with Crippen molar-refractivity contribution in [2.24, 2.45) is 0 Å². The predicted octanol–water partition coefficient (Wildman–Crippen LogP) is 4.22. The fraction of sp³-hybridized carbons (Fsp3) is 0.333. The maximum atomic E-state index is 9.03. The molecule has 1 aliphatic carbocycles. The van der Waals surface area contributed by atoms with Gasteiger partial charge in [-0.15, -0.1) is 5.26 Å². The summed E-state index contributed by atoms with van der Waals surface area (Å²) in [4.78, 5) is 4.90. The minimum Gasteiger partial charge on any atom is -0.387 e. The molecule has 0 atom stereocenters. The lowest BCUT2D eigenvalue weighted by Gasteiger charge is -2.18. The van der Waals surface area contributed by atoms with Crippen LogP contribution in [0.3, 0.4) is 0 Å². The van der Waals surface area contributed by atoms with Gasteiger partial charge in [0.05, 0.1) is 5.69 Å². The number of aromatic nitrogens is 1. The molecular formula is C18H18N2O. The van der Waals surface area contributed by atoms with Gasteiger partial charge in [0.1, 0.15) is 0 Å². The van der Waals surface area contributed by atoms with Crippen molar-refractivity contribution in [3.8, 4) is 23.3 Å². The van der Waals surface area contributed by atoms with Gasteiger partial charge in [0.25, 0.3) is 6.26 Å². The molecule has 106 valence electrons. The van der Waals surface area contributed by atoms with Gasteiger partial charge in [-0.25, -0.2) is 0 Å². The third-order valence-corrected chi connectivity index (χ3v) is 3.98. The van der Waals surface area contributed by atoms with Gasteiger partial charge in [0.2, 0.25) is 0 Å². The van der Waals surface area contributed by atoms with Crippen molar-refractivity contribution in [2.75, 3.05) is 0 Å². The van der Waals surface area contributed by atoms with E-state index in [2.05, 4.69) is 26.0 Å². The monoisotopic (exact) mass is 278 g/mol. The summed E-state index contributed by atoms with van der Waals surface area (Å²) in [7, 11) is 0. The molecule has 0 spiro atoms. The van der Waals surface area contributed by atoms with E-state index in [1.807, 2.05) is 24.5 Å². The Balaban J connectivity index is 2.29. The molecule has 1 heterocycles. The van der Waals surface area contributed by atoms with Crippen LogP contribution in [0.15, 0.2) is 30.3 Å². The molecule has 0 aliphatic heterocycles. The molecule has 3 heteroatoms. The molecule has 0 N–H and O–H groups in total. The van der Waals surface area contributed by atoms with E-state index in [4.69, 9.17) is 15.0 Å². The molecule has 0 saturated heterocycles. The maximum Gasteiger partial charge on any atom is 0.292 e. The van der Waals surface area contributed by atoms with Crippen LogP contribution in [0, 0.1) is 11.5 Å². The first-order chi connectivity index (χ1) is 10.2. The summed E-state index contributed by atoms with van der Waals surface area (Å²) in [5.74, 6) is 0.996. The van der Waals surface area contributed by atoms with Crippen LogP contribution in [0.1, 0.15) is 43.0 Å². The van der Waals surface area contributed by atoms with E-state index in [-0.39, 0.29) is 5.92 Å².